The largest absolute Gasteiger partial charge is 0.454 e. The van der Waals surface area contributed by atoms with Crippen LogP contribution in [0.2, 0.25) is 0 Å². The summed E-state index contributed by atoms with van der Waals surface area (Å²) in [5.41, 5.74) is 7.84. The lowest BCUT2D eigenvalue weighted by molar-refractivity contribution is -0.130. The van der Waals surface area contributed by atoms with Crippen molar-refractivity contribution in [2.45, 2.75) is 42.8 Å². The molecule has 168 valence electrons. The number of aromatic nitrogens is 3. The molecule has 0 spiro atoms. The van der Waals surface area contributed by atoms with Crippen molar-refractivity contribution in [3.63, 3.8) is 0 Å². The number of nitrogens with zero attached hydrogens (tertiary/aromatic N) is 4. The number of halogens is 1. The monoisotopic (exact) mass is 517 g/mol. The van der Waals surface area contributed by atoms with Gasteiger partial charge in [0.15, 0.2) is 22.5 Å². The summed E-state index contributed by atoms with van der Waals surface area (Å²) in [6.45, 7) is 4.39. The number of carbonyl (C=O) groups excluding carboxylic acids is 1. The average Bonchev–Trinajstić information content (AvgIpc) is 3.37. The normalized spacial score (nSPS) is 16.1. The second-order valence-electron chi connectivity index (χ2n) is 8.09. The van der Waals surface area contributed by atoms with Crippen LogP contribution >= 0.6 is 27.7 Å². The molecule has 1 aromatic carbocycles. The third-order valence-corrected chi connectivity index (χ3v) is 8.08. The predicted octanol–water partition coefficient (Wildman–Crippen LogP) is 4.30. The van der Waals surface area contributed by atoms with Gasteiger partial charge in [-0.3, -0.25) is 4.79 Å². The topological polar surface area (TPSA) is 95.5 Å². The van der Waals surface area contributed by atoms with Crippen LogP contribution in [0, 0.1) is 5.92 Å². The van der Waals surface area contributed by atoms with Crippen molar-refractivity contribution in [3.05, 3.63) is 28.9 Å². The first-order chi connectivity index (χ1) is 15.5. The lowest BCUT2D eigenvalue weighted by Crippen LogP contribution is -2.37. The smallest absolute Gasteiger partial charge is 0.231 e. The highest BCUT2D eigenvalue weighted by molar-refractivity contribution is 9.10. The van der Waals surface area contributed by atoms with Crippen molar-refractivity contribution in [2.75, 3.05) is 25.6 Å². The van der Waals surface area contributed by atoms with E-state index >= 15 is 0 Å². The number of amides is 1. The molecule has 2 aliphatic heterocycles. The SMILES string of the molecule is CC(=O)N1CCC(CCn2c(Sc3cc4c(cc3Br)OCO4)nc3c(N)nccc32)CC1. The molecule has 1 fully saturated rings. The lowest BCUT2D eigenvalue weighted by atomic mass is 9.93. The highest BCUT2D eigenvalue weighted by Gasteiger charge is 2.23. The lowest BCUT2D eigenvalue weighted by Gasteiger charge is -2.31. The van der Waals surface area contributed by atoms with E-state index in [9.17, 15) is 4.79 Å². The first kappa shape index (κ1) is 21.4. The van der Waals surface area contributed by atoms with Crippen LogP contribution < -0.4 is 15.2 Å². The Hall–Kier alpha value is -2.46. The standard InChI is InChI=1S/C22H24BrN5O3S/c1-13(29)27-7-3-14(4-8-27)5-9-28-16-2-6-25-21(24)20(16)26-22(28)32-19-11-18-17(10-15(19)23)30-12-31-18/h2,6,10-11,14H,3-5,7-9,12H2,1H3,(H2,24,25). The van der Waals surface area contributed by atoms with Gasteiger partial charge in [-0.25, -0.2) is 9.97 Å². The van der Waals surface area contributed by atoms with Crippen LogP contribution in [0.15, 0.2) is 38.9 Å². The molecular weight excluding hydrogens is 494 g/mol. The summed E-state index contributed by atoms with van der Waals surface area (Å²) in [6.07, 6.45) is 4.82. The average molecular weight is 518 g/mol. The first-order valence-corrected chi connectivity index (χ1v) is 12.2. The molecule has 3 aromatic rings. The number of nitrogens with two attached hydrogens (primary N) is 1. The van der Waals surface area contributed by atoms with Crippen molar-refractivity contribution < 1.29 is 14.3 Å². The van der Waals surface area contributed by atoms with E-state index < -0.39 is 0 Å². The third-order valence-electron chi connectivity index (χ3n) is 6.11. The van der Waals surface area contributed by atoms with Crippen LogP contribution in [-0.2, 0) is 11.3 Å². The summed E-state index contributed by atoms with van der Waals surface area (Å²) < 4.78 is 14.2. The van der Waals surface area contributed by atoms with Crippen LogP contribution in [0.25, 0.3) is 11.0 Å². The van der Waals surface area contributed by atoms with E-state index in [1.807, 2.05) is 23.1 Å². The second kappa shape index (κ2) is 8.82. The summed E-state index contributed by atoms with van der Waals surface area (Å²) in [5, 5.41) is 0.862. The van der Waals surface area contributed by atoms with Crippen LogP contribution in [-0.4, -0.2) is 45.2 Å². The molecule has 2 aliphatic rings. The molecule has 0 aliphatic carbocycles. The number of pyridine rings is 1. The van der Waals surface area contributed by atoms with E-state index in [0.717, 1.165) is 76.0 Å². The van der Waals surface area contributed by atoms with E-state index in [2.05, 4.69) is 25.5 Å². The van der Waals surface area contributed by atoms with Gasteiger partial charge in [0, 0.05) is 42.1 Å². The van der Waals surface area contributed by atoms with Crippen molar-refractivity contribution in [1.82, 2.24) is 19.4 Å². The Morgan fingerprint density at radius 3 is 2.78 bits per heavy atom. The van der Waals surface area contributed by atoms with Gasteiger partial charge in [-0.1, -0.05) is 11.8 Å². The van der Waals surface area contributed by atoms with Crippen molar-refractivity contribution in [1.29, 1.82) is 0 Å². The molecule has 0 atom stereocenters. The number of hydrogen-bond donors (Lipinski definition) is 1. The molecule has 0 saturated carbocycles. The van der Waals surface area contributed by atoms with Gasteiger partial charge in [0.2, 0.25) is 12.7 Å². The van der Waals surface area contributed by atoms with Gasteiger partial charge in [0.05, 0.1) is 5.52 Å². The minimum Gasteiger partial charge on any atom is -0.454 e. The van der Waals surface area contributed by atoms with Crippen molar-refractivity contribution in [3.8, 4) is 11.5 Å². The van der Waals surface area contributed by atoms with Gasteiger partial charge in [-0.05, 0) is 59.3 Å². The Bertz CT molecular complexity index is 1180. The fourth-order valence-corrected chi connectivity index (χ4v) is 5.79. The maximum atomic E-state index is 11.6. The molecule has 2 aromatic heterocycles. The number of imidazole rings is 1. The number of nitrogen functional groups attached to an aromatic ring is 1. The minimum absolute atomic E-state index is 0.167. The number of aryl methyl sites for hydroxylation is 1. The number of benzene rings is 1. The Morgan fingerprint density at radius 1 is 1.28 bits per heavy atom. The Kier molecular flexibility index (Phi) is 5.90. The van der Waals surface area contributed by atoms with E-state index in [-0.39, 0.29) is 12.7 Å². The fourth-order valence-electron chi connectivity index (χ4n) is 4.27. The molecule has 10 heteroatoms. The molecule has 5 rings (SSSR count). The number of ether oxygens (including phenoxy) is 2. The summed E-state index contributed by atoms with van der Waals surface area (Å²) in [6, 6.07) is 5.87. The first-order valence-electron chi connectivity index (χ1n) is 10.6. The second-order valence-corrected chi connectivity index (χ2v) is 9.95. The third kappa shape index (κ3) is 4.13. The van der Waals surface area contributed by atoms with Crippen LogP contribution in [0.5, 0.6) is 11.5 Å². The predicted molar refractivity (Wildman–Crippen MR) is 126 cm³/mol. The van der Waals surface area contributed by atoms with E-state index in [4.69, 9.17) is 20.2 Å². The van der Waals surface area contributed by atoms with Crippen molar-refractivity contribution >= 4 is 50.5 Å². The molecular formula is C22H24BrN5O3S. The molecule has 4 heterocycles. The van der Waals surface area contributed by atoms with E-state index in [0.29, 0.717) is 11.7 Å². The maximum absolute atomic E-state index is 11.6. The number of anilines is 1. The molecule has 0 radical (unpaired) electrons. The fraction of sp³-hybridized carbons (Fsp3) is 0.409. The Labute approximate surface area is 198 Å². The van der Waals surface area contributed by atoms with Gasteiger partial charge in [0.25, 0.3) is 0 Å². The maximum Gasteiger partial charge on any atom is 0.231 e. The van der Waals surface area contributed by atoms with Gasteiger partial charge in [-0.2, -0.15) is 0 Å². The number of piperidine rings is 1. The van der Waals surface area contributed by atoms with Gasteiger partial charge < -0.3 is 24.7 Å². The summed E-state index contributed by atoms with van der Waals surface area (Å²) in [5.74, 6) is 2.65. The Balaban J connectivity index is 1.40. The van der Waals surface area contributed by atoms with Gasteiger partial charge in [-0.15, -0.1) is 0 Å². The van der Waals surface area contributed by atoms with Gasteiger partial charge in [0.1, 0.15) is 5.52 Å². The van der Waals surface area contributed by atoms with Crippen molar-refractivity contribution in [2.24, 2.45) is 5.92 Å². The molecule has 32 heavy (non-hydrogen) atoms. The summed E-state index contributed by atoms with van der Waals surface area (Å²) in [7, 11) is 0. The summed E-state index contributed by atoms with van der Waals surface area (Å²) in [4.78, 5) is 23.6. The highest BCUT2D eigenvalue weighted by Crippen LogP contribution is 2.43. The zero-order chi connectivity index (χ0) is 22.2. The number of fused-ring (bicyclic) bond motifs is 2. The number of hydrogen-bond acceptors (Lipinski definition) is 7. The van der Waals surface area contributed by atoms with Gasteiger partial charge >= 0.3 is 0 Å². The van der Waals surface area contributed by atoms with Crippen LogP contribution in [0.1, 0.15) is 26.2 Å². The minimum atomic E-state index is 0.167. The zero-order valence-corrected chi connectivity index (χ0v) is 20.1. The number of likely N-dealkylation sites (tertiary alicyclic amines) is 1. The molecule has 0 bridgehead atoms. The summed E-state index contributed by atoms with van der Waals surface area (Å²) >= 11 is 5.21. The number of rotatable bonds is 5. The molecule has 1 saturated heterocycles. The number of carbonyl (C=O) groups is 1. The molecule has 0 unspecified atom stereocenters. The Morgan fingerprint density at radius 2 is 2.03 bits per heavy atom. The van der Waals surface area contributed by atoms with Crippen LogP contribution in [0.4, 0.5) is 5.82 Å². The molecule has 8 nitrogen and oxygen atoms in total. The van der Waals surface area contributed by atoms with E-state index in [1.54, 1.807) is 24.9 Å². The molecule has 1 amide bonds. The zero-order valence-electron chi connectivity index (χ0n) is 17.7. The molecule has 2 N–H and O–H groups in total. The quantitative estimate of drug-likeness (QED) is 0.538. The highest BCUT2D eigenvalue weighted by atomic mass is 79.9. The van der Waals surface area contributed by atoms with E-state index in [1.165, 1.54) is 0 Å². The van der Waals surface area contributed by atoms with Crippen LogP contribution in [0.3, 0.4) is 0 Å².